The average molecular weight is 137 g/mol. The van der Waals surface area contributed by atoms with Crippen LogP contribution in [0, 0.1) is 0 Å². The zero-order valence-corrected chi connectivity index (χ0v) is 5.39. The van der Waals surface area contributed by atoms with Gasteiger partial charge in [0.25, 0.3) is 0 Å². The molecule has 1 aromatic heterocycles. The van der Waals surface area contributed by atoms with Crippen LogP contribution >= 0.6 is 0 Å². The standard InChI is InChI=1S/C7H7NO2/c9-7-6-5(1-3-8-6)2-4-10-7/h1,3,8H,2,4H2. The normalized spacial score (nSPS) is 16.2. The van der Waals surface area contributed by atoms with E-state index in [9.17, 15) is 4.79 Å². The second-order valence-corrected chi connectivity index (χ2v) is 2.26. The summed E-state index contributed by atoms with van der Waals surface area (Å²) >= 11 is 0. The van der Waals surface area contributed by atoms with E-state index in [2.05, 4.69) is 4.98 Å². The third kappa shape index (κ3) is 0.635. The van der Waals surface area contributed by atoms with E-state index in [-0.39, 0.29) is 5.97 Å². The molecule has 0 radical (unpaired) electrons. The Labute approximate surface area is 58.0 Å². The smallest absolute Gasteiger partial charge is 0.355 e. The van der Waals surface area contributed by atoms with Crippen molar-refractivity contribution >= 4 is 5.97 Å². The van der Waals surface area contributed by atoms with E-state index in [0.29, 0.717) is 12.3 Å². The highest BCUT2D eigenvalue weighted by atomic mass is 16.5. The maximum atomic E-state index is 10.9. The Kier molecular flexibility index (Phi) is 1.03. The van der Waals surface area contributed by atoms with Crippen LogP contribution in [0.3, 0.4) is 0 Å². The molecule has 2 rings (SSSR count). The highest BCUT2D eigenvalue weighted by Gasteiger charge is 2.18. The zero-order chi connectivity index (χ0) is 6.97. The van der Waals surface area contributed by atoms with Gasteiger partial charge in [0.05, 0.1) is 6.61 Å². The molecule has 0 unspecified atom stereocenters. The van der Waals surface area contributed by atoms with E-state index in [4.69, 9.17) is 4.74 Å². The van der Waals surface area contributed by atoms with Crippen LogP contribution in [0.4, 0.5) is 0 Å². The van der Waals surface area contributed by atoms with Crippen LogP contribution in [-0.2, 0) is 11.2 Å². The van der Waals surface area contributed by atoms with Gasteiger partial charge in [-0.2, -0.15) is 0 Å². The topological polar surface area (TPSA) is 42.1 Å². The summed E-state index contributed by atoms with van der Waals surface area (Å²) in [7, 11) is 0. The van der Waals surface area contributed by atoms with Gasteiger partial charge in [0.15, 0.2) is 0 Å². The average Bonchev–Trinajstić information content (AvgIpc) is 2.36. The third-order valence-corrected chi connectivity index (χ3v) is 1.64. The Hall–Kier alpha value is -1.25. The molecule has 0 saturated carbocycles. The van der Waals surface area contributed by atoms with E-state index in [1.807, 2.05) is 6.07 Å². The summed E-state index contributed by atoms with van der Waals surface area (Å²) in [6.07, 6.45) is 2.60. The molecule has 52 valence electrons. The minimum atomic E-state index is -0.230. The first-order valence-corrected chi connectivity index (χ1v) is 3.21. The molecule has 1 N–H and O–H groups in total. The number of aromatic amines is 1. The summed E-state index contributed by atoms with van der Waals surface area (Å²) in [5.41, 5.74) is 1.68. The van der Waals surface area contributed by atoms with Gasteiger partial charge in [-0.3, -0.25) is 0 Å². The lowest BCUT2D eigenvalue weighted by atomic mass is 10.1. The van der Waals surface area contributed by atoms with E-state index in [1.54, 1.807) is 6.20 Å². The molecule has 0 bridgehead atoms. The van der Waals surface area contributed by atoms with Crippen molar-refractivity contribution in [2.75, 3.05) is 6.61 Å². The quantitative estimate of drug-likeness (QED) is 0.535. The third-order valence-electron chi connectivity index (χ3n) is 1.64. The molecular formula is C7H7NO2. The van der Waals surface area contributed by atoms with Gasteiger partial charge in [-0.05, 0) is 11.6 Å². The molecule has 0 aliphatic carbocycles. The van der Waals surface area contributed by atoms with Crippen LogP contribution in [0.25, 0.3) is 0 Å². The first kappa shape index (κ1) is 5.53. The van der Waals surface area contributed by atoms with Crippen molar-refractivity contribution in [2.24, 2.45) is 0 Å². The Morgan fingerprint density at radius 3 is 3.30 bits per heavy atom. The fraction of sp³-hybridized carbons (Fsp3) is 0.286. The van der Waals surface area contributed by atoms with E-state index in [1.165, 1.54) is 0 Å². The summed E-state index contributed by atoms with van der Waals surface area (Å²) in [5.74, 6) is -0.230. The Balaban J connectivity index is 2.50. The van der Waals surface area contributed by atoms with Crippen LogP contribution in [0.1, 0.15) is 16.1 Å². The van der Waals surface area contributed by atoms with Gasteiger partial charge in [0.1, 0.15) is 5.69 Å². The number of aromatic nitrogens is 1. The number of esters is 1. The molecular weight excluding hydrogens is 130 g/mol. The van der Waals surface area contributed by atoms with E-state index < -0.39 is 0 Å². The van der Waals surface area contributed by atoms with Crippen LogP contribution < -0.4 is 0 Å². The lowest BCUT2D eigenvalue weighted by Gasteiger charge is -2.10. The number of carbonyl (C=O) groups is 1. The Morgan fingerprint density at radius 2 is 2.50 bits per heavy atom. The van der Waals surface area contributed by atoms with Crippen molar-refractivity contribution in [3.63, 3.8) is 0 Å². The minimum absolute atomic E-state index is 0.230. The van der Waals surface area contributed by atoms with Crippen LogP contribution in [0.2, 0.25) is 0 Å². The molecule has 0 aromatic carbocycles. The van der Waals surface area contributed by atoms with E-state index in [0.717, 1.165) is 12.0 Å². The number of carbonyl (C=O) groups excluding carboxylic acids is 1. The van der Waals surface area contributed by atoms with E-state index >= 15 is 0 Å². The molecule has 0 amide bonds. The first-order chi connectivity index (χ1) is 4.88. The monoisotopic (exact) mass is 137 g/mol. The molecule has 3 nitrogen and oxygen atoms in total. The number of fused-ring (bicyclic) bond motifs is 1. The first-order valence-electron chi connectivity index (χ1n) is 3.21. The summed E-state index contributed by atoms with van der Waals surface area (Å²) in [6.45, 7) is 0.518. The fourth-order valence-electron chi connectivity index (χ4n) is 1.13. The van der Waals surface area contributed by atoms with Crippen LogP contribution in [0.5, 0.6) is 0 Å². The highest BCUT2D eigenvalue weighted by molar-refractivity contribution is 5.89. The molecule has 1 aromatic rings. The number of hydrogen-bond acceptors (Lipinski definition) is 2. The van der Waals surface area contributed by atoms with Gasteiger partial charge in [-0.25, -0.2) is 4.79 Å². The number of rotatable bonds is 0. The van der Waals surface area contributed by atoms with Crippen LogP contribution in [0.15, 0.2) is 12.3 Å². The van der Waals surface area contributed by atoms with Crippen LogP contribution in [-0.4, -0.2) is 17.6 Å². The van der Waals surface area contributed by atoms with Gasteiger partial charge in [0, 0.05) is 12.6 Å². The van der Waals surface area contributed by atoms with Gasteiger partial charge >= 0.3 is 5.97 Å². The van der Waals surface area contributed by atoms with Gasteiger partial charge in [-0.1, -0.05) is 0 Å². The molecule has 0 fully saturated rings. The highest BCUT2D eigenvalue weighted by Crippen LogP contribution is 2.13. The van der Waals surface area contributed by atoms with Gasteiger partial charge in [-0.15, -0.1) is 0 Å². The molecule has 1 aliphatic heterocycles. The maximum absolute atomic E-state index is 10.9. The summed E-state index contributed by atoms with van der Waals surface area (Å²) in [4.78, 5) is 13.7. The Morgan fingerprint density at radius 1 is 1.60 bits per heavy atom. The van der Waals surface area contributed by atoms with Crippen molar-refractivity contribution in [3.8, 4) is 0 Å². The van der Waals surface area contributed by atoms with Crippen molar-refractivity contribution < 1.29 is 9.53 Å². The predicted octanol–water partition coefficient (Wildman–Crippen LogP) is 0.728. The zero-order valence-electron chi connectivity index (χ0n) is 5.39. The number of cyclic esters (lactones) is 1. The van der Waals surface area contributed by atoms with Gasteiger partial charge < -0.3 is 9.72 Å². The second kappa shape index (κ2) is 1.87. The number of H-pyrrole nitrogens is 1. The Bertz CT molecular complexity index is 264. The van der Waals surface area contributed by atoms with Crippen molar-refractivity contribution in [3.05, 3.63) is 23.5 Å². The van der Waals surface area contributed by atoms with Gasteiger partial charge in [0.2, 0.25) is 0 Å². The molecule has 1 aliphatic rings. The van der Waals surface area contributed by atoms with Crippen molar-refractivity contribution in [1.29, 1.82) is 0 Å². The fourth-order valence-corrected chi connectivity index (χ4v) is 1.13. The largest absolute Gasteiger partial charge is 0.461 e. The maximum Gasteiger partial charge on any atom is 0.355 e. The lowest BCUT2D eigenvalue weighted by Crippen LogP contribution is -2.16. The summed E-state index contributed by atoms with van der Waals surface area (Å²) < 4.78 is 4.79. The molecule has 0 atom stereocenters. The van der Waals surface area contributed by atoms with Crippen molar-refractivity contribution in [1.82, 2.24) is 4.98 Å². The summed E-state index contributed by atoms with van der Waals surface area (Å²) in [5, 5.41) is 0. The molecule has 0 spiro atoms. The van der Waals surface area contributed by atoms with Crippen molar-refractivity contribution in [2.45, 2.75) is 6.42 Å². The molecule has 0 saturated heterocycles. The second-order valence-electron chi connectivity index (χ2n) is 2.26. The minimum Gasteiger partial charge on any atom is -0.461 e. The number of nitrogens with one attached hydrogen (secondary N) is 1. The number of ether oxygens (including phenoxy) is 1. The summed E-state index contributed by atoms with van der Waals surface area (Å²) in [6, 6.07) is 1.91. The SMILES string of the molecule is O=C1OCCc2cc[nH]c21. The lowest BCUT2D eigenvalue weighted by molar-refractivity contribution is 0.0474. The molecule has 2 heterocycles. The molecule has 3 heteroatoms. The predicted molar refractivity (Wildman–Crippen MR) is 34.8 cm³/mol. The number of hydrogen-bond donors (Lipinski definition) is 1. The molecule has 10 heavy (non-hydrogen) atoms.